The SMILES string of the molecule is CC(C)(C)NCCCCl.Cl. The van der Waals surface area contributed by atoms with Gasteiger partial charge in [0.15, 0.2) is 0 Å². The molecule has 0 aromatic rings. The predicted octanol–water partition coefficient (Wildman–Crippen LogP) is 2.43. The summed E-state index contributed by atoms with van der Waals surface area (Å²) in [5.74, 6) is 0.753. The fourth-order valence-corrected chi connectivity index (χ4v) is 0.664. The van der Waals surface area contributed by atoms with Crippen LogP contribution < -0.4 is 5.32 Å². The second-order valence-corrected chi connectivity index (χ2v) is 3.60. The van der Waals surface area contributed by atoms with E-state index in [-0.39, 0.29) is 17.9 Å². The molecule has 0 amide bonds. The van der Waals surface area contributed by atoms with Gasteiger partial charge >= 0.3 is 0 Å². The monoisotopic (exact) mass is 185 g/mol. The summed E-state index contributed by atoms with van der Waals surface area (Å²) >= 11 is 5.49. The van der Waals surface area contributed by atoms with Gasteiger partial charge in [0.2, 0.25) is 0 Å². The molecule has 0 spiro atoms. The van der Waals surface area contributed by atoms with Gasteiger partial charge in [-0.2, -0.15) is 0 Å². The molecule has 0 bridgehead atoms. The van der Waals surface area contributed by atoms with Crippen LogP contribution in [0, 0.1) is 0 Å². The maximum Gasteiger partial charge on any atom is 0.0235 e. The molecule has 0 aromatic heterocycles. The van der Waals surface area contributed by atoms with Gasteiger partial charge in [-0.25, -0.2) is 0 Å². The van der Waals surface area contributed by atoms with Crippen molar-refractivity contribution in [2.75, 3.05) is 12.4 Å². The number of rotatable bonds is 3. The Morgan fingerprint density at radius 2 is 1.80 bits per heavy atom. The van der Waals surface area contributed by atoms with E-state index in [0.29, 0.717) is 0 Å². The summed E-state index contributed by atoms with van der Waals surface area (Å²) in [5.41, 5.74) is 0.242. The smallest absolute Gasteiger partial charge is 0.0235 e. The average molecular weight is 186 g/mol. The third kappa shape index (κ3) is 11.4. The minimum atomic E-state index is 0. The van der Waals surface area contributed by atoms with Crippen molar-refractivity contribution >= 4 is 24.0 Å². The van der Waals surface area contributed by atoms with E-state index in [1.54, 1.807) is 0 Å². The van der Waals surface area contributed by atoms with Crippen molar-refractivity contribution in [3.05, 3.63) is 0 Å². The van der Waals surface area contributed by atoms with Crippen molar-refractivity contribution in [1.82, 2.24) is 5.32 Å². The van der Waals surface area contributed by atoms with Gasteiger partial charge in [-0.3, -0.25) is 0 Å². The highest BCUT2D eigenvalue weighted by atomic mass is 35.5. The quantitative estimate of drug-likeness (QED) is 0.527. The molecule has 0 aliphatic rings. The van der Waals surface area contributed by atoms with Crippen LogP contribution in [0.2, 0.25) is 0 Å². The normalized spacial score (nSPS) is 10.8. The number of halogens is 2. The molecular formula is C7H17Cl2N. The second-order valence-electron chi connectivity index (χ2n) is 3.22. The standard InChI is InChI=1S/C7H16ClN.ClH/c1-7(2,3)9-6-4-5-8;/h9H,4-6H2,1-3H3;1H. The van der Waals surface area contributed by atoms with E-state index < -0.39 is 0 Å². The van der Waals surface area contributed by atoms with Crippen molar-refractivity contribution < 1.29 is 0 Å². The summed E-state index contributed by atoms with van der Waals surface area (Å²) in [6.07, 6.45) is 1.05. The predicted molar refractivity (Wildman–Crippen MR) is 50.3 cm³/mol. The van der Waals surface area contributed by atoms with Gasteiger partial charge in [0, 0.05) is 11.4 Å². The van der Waals surface area contributed by atoms with Crippen LogP contribution in [0.4, 0.5) is 0 Å². The first kappa shape index (κ1) is 13.2. The highest BCUT2D eigenvalue weighted by Gasteiger charge is 2.06. The molecule has 0 saturated heterocycles. The summed E-state index contributed by atoms with van der Waals surface area (Å²) in [6, 6.07) is 0. The molecule has 64 valence electrons. The van der Waals surface area contributed by atoms with Gasteiger partial charge in [0.1, 0.15) is 0 Å². The first-order chi connectivity index (χ1) is 4.06. The lowest BCUT2D eigenvalue weighted by Gasteiger charge is -2.19. The molecule has 0 fully saturated rings. The Bertz CT molecular complexity index is 68.5. The minimum absolute atomic E-state index is 0. The van der Waals surface area contributed by atoms with E-state index in [0.717, 1.165) is 18.8 Å². The zero-order valence-corrected chi connectivity index (χ0v) is 8.48. The van der Waals surface area contributed by atoms with Crippen LogP contribution in [0.25, 0.3) is 0 Å². The summed E-state index contributed by atoms with van der Waals surface area (Å²) in [5, 5.41) is 3.34. The van der Waals surface area contributed by atoms with Crippen molar-refractivity contribution in [1.29, 1.82) is 0 Å². The van der Waals surface area contributed by atoms with E-state index >= 15 is 0 Å². The second kappa shape index (κ2) is 6.26. The number of hydrogen-bond acceptors (Lipinski definition) is 1. The van der Waals surface area contributed by atoms with Crippen molar-refractivity contribution in [3.63, 3.8) is 0 Å². The maximum absolute atomic E-state index is 5.49. The van der Waals surface area contributed by atoms with Gasteiger partial charge < -0.3 is 5.32 Å². The molecule has 10 heavy (non-hydrogen) atoms. The maximum atomic E-state index is 5.49. The van der Waals surface area contributed by atoms with Gasteiger partial charge in [-0.05, 0) is 33.7 Å². The summed E-state index contributed by atoms with van der Waals surface area (Å²) in [4.78, 5) is 0. The van der Waals surface area contributed by atoms with Crippen LogP contribution in [0.5, 0.6) is 0 Å². The highest BCUT2D eigenvalue weighted by Crippen LogP contribution is 1.97. The molecule has 0 aliphatic heterocycles. The number of alkyl halides is 1. The third-order valence-electron chi connectivity index (χ3n) is 0.966. The zero-order chi connectivity index (χ0) is 7.33. The Kier molecular flexibility index (Phi) is 8.24. The van der Waals surface area contributed by atoms with E-state index in [4.69, 9.17) is 11.6 Å². The van der Waals surface area contributed by atoms with Crippen molar-refractivity contribution in [2.24, 2.45) is 0 Å². The Morgan fingerprint density at radius 3 is 2.10 bits per heavy atom. The first-order valence-corrected chi connectivity index (χ1v) is 3.91. The third-order valence-corrected chi connectivity index (χ3v) is 1.23. The fraction of sp³-hybridized carbons (Fsp3) is 1.00. The molecule has 0 saturated carbocycles. The first-order valence-electron chi connectivity index (χ1n) is 3.37. The zero-order valence-electron chi connectivity index (χ0n) is 6.91. The minimum Gasteiger partial charge on any atom is -0.312 e. The summed E-state index contributed by atoms with van der Waals surface area (Å²) in [7, 11) is 0. The van der Waals surface area contributed by atoms with Crippen LogP contribution in [0.3, 0.4) is 0 Å². The van der Waals surface area contributed by atoms with Crippen LogP contribution in [0.15, 0.2) is 0 Å². The Balaban J connectivity index is 0. The molecule has 0 aliphatic carbocycles. The lowest BCUT2D eigenvalue weighted by molar-refractivity contribution is 0.427. The Morgan fingerprint density at radius 1 is 1.30 bits per heavy atom. The fourth-order valence-electron chi connectivity index (χ4n) is 0.530. The highest BCUT2D eigenvalue weighted by molar-refractivity contribution is 6.17. The average Bonchev–Trinajstić information content (AvgIpc) is 1.63. The molecule has 0 heterocycles. The number of nitrogens with one attached hydrogen (secondary N) is 1. The Labute approximate surface area is 74.9 Å². The molecular weight excluding hydrogens is 169 g/mol. The van der Waals surface area contributed by atoms with E-state index in [9.17, 15) is 0 Å². The Hall–Kier alpha value is 0.540. The van der Waals surface area contributed by atoms with Gasteiger partial charge in [0.25, 0.3) is 0 Å². The van der Waals surface area contributed by atoms with Crippen molar-refractivity contribution in [2.45, 2.75) is 32.7 Å². The molecule has 3 heteroatoms. The van der Waals surface area contributed by atoms with Crippen LogP contribution in [0.1, 0.15) is 27.2 Å². The van der Waals surface area contributed by atoms with Gasteiger partial charge in [-0.1, -0.05) is 0 Å². The molecule has 0 unspecified atom stereocenters. The lowest BCUT2D eigenvalue weighted by Crippen LogP contribution is -2.36. The van der Waals surface area contributed by atoms with Crippen molar-refractivity contribution in [3.8, 4) is 0 Å². The molecule has 0 atom stereocenters. The molecule has 1 N–H and O–H groups in total. The molecule has 0 radical (unpaired) electrons. The molecule has 0 rings (SSSR count). The van der Waals surface area contributed by atoms with E-state index in [1.807, 2.05) is 0 Å². The molecule has 0 aromatic carbocycles. The summed E-state index contributed by atoms with van der Waals surface area (Å²) in [6.45, 7) is 7.48. The van der Waals surface area contributed by atoms with Crippen LogP contribution >= 0.6 is 24.0 Å². The van der Waals surface area contributed by atoms with E-state index in [1.165, 1.54) is 0 Å². The van der Waals surface area contributed by atoms with Crippen LogP contribution in [-0.4, -0.2) is 18.0 Å². The largest absolute Gasteiger partial charge is 0.312 e. The summed E-state index contributed by atoms with van der Waals surface area (Å²) < 4.78 is 0. The lowest BCUT2D eigenvalue weighted by atomic mass is 10.1. The number of hydrogen-bond donors (Lipinski definition) is 1. The van der Waals surface area contributed by atoms with Crippen LogP contribution in [-0.2, 0) is 0 Å². The molecule has 1 nitrogen and oxygen atoms in total. The van der Waals surface area contributed by atoms with Gasteiger partial charge in [0.05, 0.1) is 0 Å². The van der Waals surface area contributed by atoms with E-state index in [2.05, 4.69) is 26.1 Å². The topological polar surface area (TPSA) is 12.0 Å². The van der Waals surface area contributed by atoms with Gasteiger partial charge in [-0.15, -0.1) is 24.0 Å².